The van der Waals surface area contributed by atoms with Crippen LogP contribution in [-0.4, -0.2) is 12.2 Å². The van der Waals surface area contributed by atoms with Crippen LogP contribution in [-0.2, 0) is 13.2 Å². The summed E-state index contributed by atoms with van der Waals surface area (Å²) in [6, 6.07) is 9.91. The molecular formula is C13H13BrClNOS. The number of hydrogen-bond donors (Lipinski definition) is 1. The molecule has 0 aliphatic carbocycles. The Morgan fingerprint density at radius 3 is 2.67 bits per heavy atom. The molecular weight excluding hydrogens is 334 g/mol. The second-order valence-electron chi connectivity index (χ2n) is 4.00. The van der Waals surface area contributed by atoms with E-state index >= 15 is 0 Å². The van der Waals surface area contributed by atoms with Gasteiger partial charge in [-0.15, -0.1) is 11.3 Å². The fraction of sp³-hybridized carbons (Fsp3) is 0.231. The number of thiophene rings is 1. The number of benzene rings is 1. The first kappa shape index (κ1) is 13.9. The zero-order valence-electron chi connectivity index (χ0n) is 9.86. The third-order valence-corrected chi connectivity index (χ3v) is 4.62. The normalized spacial score (nSPS) is 10.7. The van der Waals surface area contributed by atoms with Crippen molar-refractivity contribution in [2.75, 3.05) is 11.9 Å². The maximum atomic E-state index is 9.13. The van der Waals surface area contributed by atoms with Gasteiger partial charge in [-0.1, -0.05) is 33.6 Å². The van der Waals surface area contributed by atoms with Gasteiger partial charge in [0.15, 0.2) is 0 Å². The number of hydrogen-bond acceptors (Lipinski definition) is 3. The molecule has 5 heteroatoms. The number of aliphatic hydroxyl groups is 1. The van der Waals surface area contributed by atoms with Gasteiger partial charge in [-0.25, -0.2) is 0 Å². The van der Waals surface area contributed by atoms with Gasteiger partial charge in [0.1, 0.15) is 0 Å². The Hall–Kier alpha value is -0.550. The molecule has 96 valence electrons. The molecule has 0 bridgehead atoms. The predicted molar refractivity (Wildman–Crippen MR) is 81.5 cm³/mol. The van der Waals surface area contributed by atoms with Gasteiger partial charge in [-0.2, -0.15) is 0 Å². The number of anilines is 1. The largest absolute Gasteiger partial charge is 0.392 e. The third kappa shape index (κ3) is 3.26. The van der Waals surface area contributed by atoms with Crippen LogP contribution in [0.5, 0.6) is 0 Å². The highest BCUT2D eigenvalue weighted by atomic mass is 79.9. The molecule has 0 aliphatic heterocycles. The molecule has 1 heterocycles. The summed E-state index contributed by atoms with van der Waals surface area (Å²) >= 11 is 11.0. The van der Waals surface area contributed by atoms with Crippen molar-refractivity contribution in [1.82, 2.24) is 0 Å². The average Bonchev–Trinajstić information content (AvgIpc) is 2.74. The number of rotatable bonds is 4. The van der Waals surface area contributed by atoms with Gasteiger partial charge in [0.25, 0.3) is 0 Å². The smallest absolute Gasteiger partial charge is 0.0931 e. The van der Waals surface area contributed by atoms with E-state index in [1.807, 2.05) is 37.4 Å². The Kier molecular flexibility index (Phi) is 4.67. The van der Waals surface area contributed by atoms with E-state index in [-0.39, 0.29) is 6.61 Å². The molecule has 0 spiro atoms. The lowest BCUT2D eigenvalue weighted by molar-refractivity contribution is 0.281. The maximum Gasteiger partial charge on any atom is 0.0931 e. The highest BCUT2D eigenvalue weighted by molar-refractivity contribution is 9.10. The molecule has 2 aromatic rings. The van der Waals surface area contributed by atoms with Crippen LogP contribution in [0.4, 0.5) is 5.69 Å². The van der Waals surface area contributed by atoms with E-state index < -0.39 is 0 Å². The zero-order valence-corrected chi connectivity index (χ0v) is 13.0. The highest BCUT2D eigenvalue weighted by Crippen LogP contribution is 2.27. The molecule has 2 nitrogen and oxygen atoms in total. The molecule has 0 atom stereocenters. The van der Waals surface area contributed by atoms with Crippen molar-refractivity contribution in [3.63, 3.8) is 0 Å². The maximum absolute atomic E-state index is 9.13. The Morgan fingerprint density at radius 1 is 1.33 bits per heavy atom. The Morgan fingerprint density at radius 2 is 2.11 bits per heavy atom. The third-order valence-electron chi connectivity index (χ3n) is 2.67. The van der Waals surface area contributed by atoms with Gasteiger partial charge in [0, 0.05) is 22.1 Å². The predicted octanol–water partition coefficient (Wildman–Crippen LogP) is 4.29. The van der Waals surface area contributed by atoms with Crippen molar-refractivity contribution in [3.8, 4) is 0 Å². The van der Waals surface area contributed by atoms with E-state index in [4.69, 9.17) is 16.7 Å². The summed E-state index contributed by atoms with van der Waals surface area (Å²) in [5.74, 6) is 0. The molecule has 1 aromatic heterocycles. The van der Waals surface area contributed by atoms with E-state index in [0.29, 0.717) is 0 Å². The lowest BCUT2D eigenvalue weighted by Crippen LogP contribution is -2.15. The van der Waals surface area contributed by atoms with Crippen molar-refractivity contribution in [1.29, 1.82) is 0 Å². The number of halogens is 2. The Labute approximate surface area is 124 Å². The first-order valence-corrected chi connectivity index (χ1v) is 7.43. The van der Waals surface area contributed by atoms with E-state index in [1.54, 1.807) is 11.3 Å². The molecule has 18 heavy (non-hydrogen) atoms. The quantitative estimate of drug-likeness (QED) is 0.892. The minimum Gasteiger partial charge on any atom is -0.392 e. The summed E-state index contributed by atoms with van der Waals surface area (Å²) in [4.78, 5) is 3.37. The van der Waals surface area contributed by atoms with Gasteiger partial charge >= 0.3 is 0 Å². The second-order valence-corrected chi connectivity index (χ2v) is 6.65. The molecule has 0 radical (unpaired) electrons. The van der Waals surface area contributed by atoms with Crippen molar-refractivity contribution in [3.05, 3.63) is 49.6 Å². The van der Waals surface area contributed by atoms with E-state index in [0.717, 1.165) is 26.6 Å². The van der Waals surface area contributed by atoms with Crippen LogP contribution in [0.3, 0.4) is 0 Å². The second kappa shape index (κ2) is 6.06. The summed E-state index contributed by atoms with van der Waals surface area (Å²) in [6.07, 6.45) is 0. The lowest BCUT2D eigenvalue weighted by atomic mass is 10.2. The van der Waals surface area contributed by atoms with Gasteiger partial charge in [-0.05, 0) is 29.8 Å². The van der Waals surface area contributed by atoms with Gasteiger partial charge in [0.05, 0.1) is 17.5 Å². The molecule has 0 unspecified atom stereocenters. The van der Waals surface area contributed by atoms with Crippen LogP contribution in [0.15, 0.2) is 34.8 Å². The van der Waals surface area contributed by atoms with Crippen molar-refractivity contribution in [2.24, 2.45) is 0 Å². The first-order chi connectivity index (χ1) is 8.60. The molecule has 1 N–H and O–H groups in total. The SMILES string of the molecule is CN(Cc1ccc(Cl)s1)c1ccc(CO)c(Br)c1. The van der Waals surface area contributed by atoms with Crippen LogP contribution in [0.25, 0.3) is 0 Å². The molecule has 0 saturated heterocycles. The van der Waals surface area contributed by atoms with E-state index in [1.165, 1.54) is 4.88 Å². The monoisotopic (exact) mass is 345 g/mol. The van der Waals surface area contributed by atoms with Crippen molar-refractivity contribution in [2.45, 2.75) is 13.2 Å². The van der Waals surface area contributed by atoms with Crippen LogP contribution < -0.4 is 4.90 Å². The summed E-state index contributed by atoms with van der Waals surface area (Å²) in [7, 11) is 2.04. The lowest BCUT2D eigenvalue weighted by Gasteiger charge is -2.19. The van der Waals surface area contributed by atoms with E-state index in [9.17, 15) is 0 Å². The van der Waals surface area contributed by atoms with Gasteiger partial charge in [-0.3, -0.25) is 0 Å². The summed E-state index contributed by atoms with van der Waals surface area (Å²) in [5.41, 5.74) is 2.00. The first-order valence-electron chi connectivity index (χ1n) is 5.45. The Balaban J connectivity index is 2.13. The Bertz CT molecular complexity index is 544. The zero-order chi connectivity index (χ0) is 13.1. The fourth-order valence-electron chi connectivity index (χ4n) is 1.66. The van der Waals surface area contributed by atoms with Gasteiger partial charge in [0.2, 0.25) is 0 Å². The summed E-state index contributed by atoms with van der Waals surface area (Å²) in [5, 5.41) is 9.13. The van der Waals surface area contributed by atoms with Gasteiger partial charge < -0.3 is 10.0 Å². The number of nitrogens with zero attached hydrogens (tertiary/aromatic N) is 1. The topological polar surface area (TPSA) is 23.5 Å². The summed E-state index contributed by atoms with van der Waals surface area (Å²) < 4.78 is 1.74. The standard InChI is InChI=1S/C13H13BrClNOS/c1-16(7-11-4-5-13(15)18-11)10-3-2-9(8-17)12(14)6-10/h2-6,17H,7-8H2,1H3. The minimum absolute atomic E-state index is 0.0467. The van der Waals surface area contributed by atoms with Crippen molar-refractivity contribution < 1.29 is 5.11 Å². The van der Waals surface area contributed by atoms with Crippen LogP contribution in [0.2, 0.25) is 4.34 Å². The molecule has 0 fully saturated rings. The van der Waals surface area contributed by atoms with E-state index in [2.05, 4.69) is 20.8 Å². The molecule has 2 rings (SSSR count). The fourth-order valence-corrected chi connectivity index (χ4v) is 3.30. The minimum atomic E-state index is 0.0467. The number of aliphatic hydroxyl groups excluding tert-OH is 1. The molecule has 0 saturated carbocycles. The van der Waals surface area contributed by atoms with Crippen LogP contribution >= 0.6 is 38.9 Å². The van der Waals surface area contributed by atoms with Crippen molar-refractivity contribution >= 4 is 44.6 Å². The average molecular weight is 347 g/mol. The van der Waals surface area contributed by atoms with Crippen LogP contribution in [0, 0.1) is 0 Å². The molecule has 0 amide bonds. The molecule has 0 aliphatic rings. The summed E-state index contributed by atoms with van der Waals surface area (Å²) in [6.45, 7) is 0.868. The highest BCUT2D eigenvalue weighted by Gasteiger charge is 2.07. The molecule has 1 aromatic carbocycles. The van der Waals surface area contributed by atoms with Crippen LogP contribution in [0.1, 0.15) is 10.4 Å².